The molecule has 0 spiro atoms. The van der Waals surface area contributed by atoms with E-state index in [1.807, 2.05) is 6.07 Å². The van der Waals surface area contributed by atoms with Gasteiger partial charge in [0.15, 0.2) is 0 Å². The summed E-state index contributed by atoms with van der Waals surface area (Å²) in [5.74, 6) is 0. The quantitative estimate of drug-likeness (QED) is 0.695. The van der Waals surface area contributed by atoms with Crippen molar-refractivity contribution in [3.05, 3.63) is 30.1 Å². The normalized spacial score (nSPS) is 14.9. The molecule has 9 heteroatoms. The third kappa shape index (κ3) is 7.01. The van der Waals surface area contributed by atoms with Crippen molar-refractivity contribution < 1.29 is 26.1 Å². The van der Waals surface area contributed by atoms with E-state index in [2.05, 4.69) is 4.98 Å². The van der Waals surface area contributed by atoms with Gasteiger partial charge >= 0.3 is 23.3 Å². The number of hydrogen-bond donors (Lipinski definition) is 0. The molecule has 1 aromatic rings. The Morgan fingerprint density at radius 2 is 1.82 bits per heavy atom. The molecule has 126 valence electrons. The maximum Gasteiger partial charge on any atom is 0.413 e. The standard InChI is InChI=1S/C13H22F3NO3Si2/c1-11(13(14,15)16)19-22(4,5)20-21(2,3)18-10-12-7-6-8-17-9-12/h6-9,11H,10H2,1-5H3. The Bertz CT molecular complexity index is 469. The zero-order valence-corrected chi connectivity index (χ0v) is 15.4. The van der Waals surface area contributed by atoms with Gasteiger partial charge in [-0.2, -0.15) is 13.2 Å². The highest BCUT2D eigenvalue weighted by Gasteiger charge is 2.44. The molecule has 0 aliphatic carbocycles. The van der Waals surface area contributed by atoms with Gasteiger partial charge in [0.2, 0.25) is 0 Å². The molecule has 1 rings (SSSR count). The van der Waals surface area contributed by atoms with Gasteiger partial charge in [-0.3, -0.25) is 4.98 Å². The summed E-state index contributed by atoms with van der Waals surface area (Å²) < 4.78 is 54.5. The average molecular weight is 353 g/mol. The lowest BCUT2D eigenvalue weighted by molar-refractivity contribution is -0.194. The van der Waals surface area contributed by atoms with E-state index >= 15 is 0 Å². The number of alkyl halides is 3. The van der Waals surface area contributed by atoms with Crippen molar-refractivity contribution in [1.82, 2.24) is 4.98 Å². The van der Waals surface area contributed by atoms with Crippen LogP contribution in [0.2, 0.25) is 26.2 Å². The molecule has 0 fully saturated rings. The van der Waals surface area contributed by atoms with Crippen LogP contribution < -0.4 is 0 Å². The summed E-state index contributed by atoms with van der Waals surface area (Å²) in [4.78, 5) is 3.98. The van der Waals surface area contributed by atoms with E-state index in [0.717, 1.165) is 12.5 Å². The van der Waals surface area contributed by atoms with Crippen LogP contribution in [0.15, 0.2) is 24.5 Å². The highest BCUT2D eigenvalue weighted by Crippen LogP contribution is 2.27. The predicted molar refractivity (Wildman–Crippen MR) is 81.7 cm³/mol. The van der Waals surface area contributed by atoms with Crippen LogP contribution in [-0.2, 0) is 19.6 Å². The van der Waals surface area contributed by atoms with E-state index in [1.54, 1.807) is 44.6 Å². The number of hydrogen-bond acceptors (Lipinski definition) is 4. The molecule has 1 atom stereocenters. The van der Waals surface area contributed by atoms with E-state index in [9.17, 15) is 13.2 Å². The Hall–Kier alpha value is -0.746. The summed E-state index contributed by atoms with van der Waals surface area (Å²) >= 11 is 0. The molecule has 1 aromatic heterocycles. The zero-order chi connectivity index (χ0) is 17.0. The van der Waals surface area contributed by atoms with E-state index in [-0.39, 0.29) is 0 Å². The largest absolute Gasteiger partial charge is 0.415 e. The fourth-order valence-electron chi connectivity index (χ4n) is 1.88. The van der Waals surface area contributed by atoms with E-state index in [4.69, 9.17) is 13.0 Å². The third-order valence-electron chi connectivity index (χ3n) is 2.72. The van der Waals surface area contributed by atoms with Gasteiger partial charge in [0.05, 0.1) is 6.61 Å². The molecule has 0 N–H and O–H groups in total. The lowest BCUT2D eigenvalue weighted by atomic mass is 10.3. The first-order chi connectivity index (χ1) is 9.91. The second-order valence-electron chi connectivity index (χ2n) is 5.85. The molecule has 0 bridgehead atoms. The molecule has 0 aliphatic heterocycles. The minimum Gasteiger partial charge on any atom is -0.415 e. The predicted octanol–water partition coefficient (Wildman–Crippen LogP) is 3.99. The van der Waals surface area contributed by atoms with E-state index in [0.29, 0.717) is 6.61 Å². The number of halogens is 3. The van der Waals surface area contributed by atoms with Gasteiger partial charge in [0.25, 0.3) is 0 Å². The second kappa shape index (κ2) is 7.22. The Kier molecular flexibility index (Phi) is 6.33. The second-order valence-corrected chi connectivity index (χ2v) is 12.8. The van der Waals surface area contributed by atoms with Crippen molar-refractivity contribution in [2.24, 2.45) is 0 Å². The van der Waals surface area contributed by atoms with Gasteiger partial charge in [-0.25, -0.2) is 0 Å². The summed E-state index contributed by atoms with van der Waals surface area (Å²) in [5.41, 5.74) is 0.885. The number of pyridine rings is 1. The van der Waals surface area contributed by atoms with E-state index in [1.165, 1.54) is 0 Å². The van der Waals surface area contributed by atoms with Crippen LogP contribution in [0, 0.1) is 0 Å². The van der Waals surface area contributed by atoms with Crippen LogP contribution in [0.1, 0.15) is 12.5 Å². The first kappa shape index (κ1) is 19.3. The fraction of sp³-hybridized carbons (Fsp3) is 0.615. The van der Waals surface area contributed by atoms with Crippen molar-refractivity contribution in [2.75, 3.05) is 0 Å². The van der Waals surface area contributed by atoms with Crippen LogP contribution in [0.4, 0.5) is 13.2 Å². The number of nitrogens with zero attached hydrogens (tertiary/aromatic N) is 1. The smallest absolute Gasteiger partial charge is 0.413 e. The van der Waals surface area contributed by atoms with Crippen molar-refractivity contribution in [2.45, 2.75) is 52.0 Å². The van der Waals surface area contributed by atoms with Crippen LogP contribution in [-0.4, -0.2) is 34.4 Å². The minimum absolute atomic E-state index is 0.312. The average Bonchev–Trinajstić information content (AvgIpc) is 2.34. The first-order valence-corrected chi connectivity index (χ1v) is 12.5. The van der Waals surface area contributed by atoms with Crippen LogP contribution >= 0.6 is 0 Å². The highest BCUT2D eigenvalue weighted by atomic mass is 28.5. The summed E-state index contributed by atoms with van der Waals surface area (Å²) in [5, 5.41) is 0. The van der Waals surface area contributed by atoms with E-state index < -0.39 is 29.4 Å². The van der Waals surface area contributed by atoms with Crippen molar-refractivity contribution >= 4 is 17.1 Å². The molecule has 22 heavy (non-hydrogen) atoms. The first-order valence-electron chi connectivity index (χ1n) is 6.89. The molecule has 0 aromatic carbocycles. The third-order valence-corrected chi connectivity index (χ3v) is 8.42. The maximum atomic E-state index is 12.6. The molecule has 4 nitrogen and oxygen atoms in total. The maximum absolute atomic E-state index is 12.6. The molecular weight excluding hydrogens is 331 g/mol. The Morgan fingerprint density at radius 3 is 2.32 bits per heavy atom. The topological polar surface area (TPSA) is 40.6 Å². The molecule has 1 heterocycles. The fourth-order valence-corrected chi connectivity index (χ4v) is 8.54. The number of aromatic nitrogens is 1. The van der Waals surface area contributed by atoms with Crippen molar-refractivity contribution in [3.63, 3.8) is 0 Å². The summed E-state index contributed by atoms with van der Waals surface area (Å²) in [6.07, 6.45) is -2.91. The molecule has 0 radical (unpaired) electrons. The van der Waals surface area contributed by atoms with Gasteiger partial charge in [-0.05, 0) is 44.7 Å². The molecule has 0 saturated carbocycles. The van der Waals surface area contributed by atoms with Crippen molar-refractivity contribution in [3.8, 4) is 0 Å². The van der Waals surface area contributed by atoms with Crippen LogP contribution in [0.3, 0.4) is 0 Å². The molecule has 0 amide bonds. The molecule has 1 unspecified atom stereocenters. The Labute approximate surface area is 131 Å². The lowest BCUT2D eigenvalue weighted by Gasteiger charge is -2.34. The lowest BCUT2D eigenvalue weighted by Crippen LogP contribution is -2.51. The number of rotatable bonds is 7. The summed E-state index contributed by atoms with van der Waals surface area (Å²) in [6.45, 7) is 8.07. The van der Waals surface area contributed by atoms with Gasteiger partial charge < -0.3 is 13.0 Å². The highest BCUT2D eigenvalue weighted by molar-refractivity contribution is 6.78. The Balaban J connectivity index is 2.58. The van der Waals surface area contributed by atoms with Gasteiger partial charge in [0.1, 0.15) is 6.10 Å². The zero-order valence-electron chi connectivity index (χ0n) is 13.4. The van der Waals surface area contributed by atoms with Gasteiger partial charge in [-0.1, -0.05) is 6.07 Å². The summed E-state index contributed by atoms with van der Waals surface area (Å²) in [7, 11) is -5.55. The minimum atomic E-state index is -4.39. The van der Waals surface area contributed by atoms with Gasteiger partial charge in [-0.15, -0.1) is 0 Å². The monoisotopic (exact) mass is 353 g/mol. The van der Waals surface area contributed by atoms with Crippen molar-refractivity contribution in [1.29, 1.82) is 0 Å². The molecule has 0 saturated heterocycles. The molecular formula is C13H22F3NO3Si2. The SMILES string of the molecule is CC(O[Si](C)(C)O[Si](C)(C)OCc1cccnc1)C(F)(F)F. The Morgan fingerprint density at radius 1 is 1.18 bits per heavy atom. The van der Waals surface area contributed by atoms with Crippen LogP contribution in [0.5, 0.6) is 0 Å². The molecule has 0 aliphatic rings. The van der Waals surface area contributed by atoms with Gasteiger partial charge in [0, 0.05) is 12.4 Å². The summed E-state index contributed by atoms with van der Waals surface area (Å²) in [6, 6.07) is 3.66. The van der Waals surface area contributed by atoms with Crippen LogP contribution in [0.25, 0.3) is 0 Å².